The van der Waals surface area contributed by atoms with Crippen LogP contribution in [0.5, 0.6) is 0 Å². The molecule has 1 aliphatic rings. The Hall–Kier alpha value is -1.93. The van der Waals surface area contributed by atoms with Gasteiger partial charge in [-0.25, -0.2) is 8.42 Å². The smallest absolute Gasteiger partial charge is 0.243 e. The van der Waals surface area contributed by atoms with Crippen LogP contribution >= 0.6 is 11.6 Å². The molecule has 1 fully saturated rings. The third-order valence-electron chi connectivity index (χ3n) is 4.37. The fourth-order valence-electron chi connectivity index (χ4n) is 2.81. The number of aryl methyl sites for hydroxylation is 1. The largest absolute Gasteiger partial charge is 0.379 e. The van der Waals surface area contributed by atoms with Crippen LogP contribution in [0, 0.1) is 6.92 Å². The van der Waals surface area contributed by atoms with Gasteiger partial charge in [-0.15, -0.1) is 0 Å². The average Bonchev–Trinajstić information content (AvgIpc) is 2.66. The van der Waals surface area contributed by atoms with E-state index < -0.39 is 10.0 Å². The molecule has 0 spiro atoms. The molecule has 2 aromatic carbocycles. The second-order valence-electron chi connectivity index (χ2n) is 6.34. The Morgan fingerprint density at radius 3 is 2.48 bits per heavy atom. The Bertz CT molecular complexity index is 923. The molecular weight excluding hydrogens is 388 g/mol. The van der Waals surface area contributed by atoms with Crippen LogP contribution in [0.2, 0.25) is 5.02 Å². The van der Waals surface area contributed by atoms with E-state index in [9.17, 15) is 13.2 Å². The van der Waals surface area contributed by atoms with Gasteiger partial charge in [0.25, 0.3) is 0 Å². The van der Waals surface area contributed by atoms with Gasteiger partial charge >= 0.3 is 0 Å². The number of benzene rings is 2. The minimum Gasteiger partial charge on any atom is -0.379 e. The number of hydrogen-bond acceptors (Lipinski definition) is 4. The van der Waals surface area contributed by atoms with Gasteiger partial charge in [-0.2, -0.15) is 4.31 Å². The van der Waals surface area contributed by atoms with Crippen LogP contribution in [0.15, 0.2) is 47.4 Å². The summed E-state index contributed by atoms with van der Waals surface area (Å²) < 4.78 is 32.2. The van der Waals surface area contributed by atoms with Crippen LogP contribution < -0.4 is 5.32 Å². The average molecular weight is 409 g/mol. The van der Waals surface area contributed by atoms with Crippen molar-refractivity contribution in [2.24, 2.45) is 0 Å². The van der Waals surface area contributed by atoms with Gasteiger partial charge in [-0.05, 0) is 42.3 Å². The van der Waals surface area contributed by atoms with E-state index in [0.717, 1.165) is 11.1 Å². The summed E-state index contributed by atoms with van der Waals surface area (Å²) in [7, 11) is -3.61. The van der Waals surface area contributed by atoms with Crippen molar-refractivity contribution < 1.29 is 17.9 Å². The molecule has 0 bridgehead atoms. The van der Waals surface area contributed by atoms with Crippen molar-refractivity contribution in [3.63, 3.8) is 0 Å². The van der Waals surface area contributed by atoms with Crippen LogP contribution in [0.25, 0.3) is 0 Å². The molecule has 1 amide bonds. The zero-order chi connectivity index (χ0) is 19.4. The standard InChI is InChI=1S/C19H21ClN2O4S/c1-14-2-7-17(27(24,25)22-8-10-26-11-9-22)13-18(14)21-19(23)12-15-3-5-16(20)6-4-15/h2-7,13H,8-12H2,1H3,(H,21,23). The normalized spacial score (nSPS) is 15.5. The predicted molar refractivity (Wildman–Crippen MR) is 105 cm³/mol. The van der Waals surface area contributed by atoms with E-state index in [2.05, 4.69) is 5.32 Å². The van der Waals surface area contributed by atoms with Crippen LogP contribution in [-0.4, -0.2) is 44.9 Å². The highest BCUT2D eigenvalue weighted by atomic mass is 35.5. The molecule has 144 valence electrons. The van der Waals surface area contributed by atoms with E-state index in [4.69, 9.17) is 16.3 Å². The number of morpholine rings is 1. The molecule has 1 aliphatic heterocycles. The topological polar surface area (TPSA) is 75.7 Å². The van der Waals surface area contributed by atoms with E-state index in [1.54, 1.807) is 36.4 Å². The van der Waals surface area contributed by atoms with Gasteiger partial charge in [0, 0.05) is 23.8 Å². The molecule has 3 rings (SSSR count). The fourth-order valence-corrected chi connectivity index (χ4v) is 4.38. The Morgan fingerprint density at radius 1 is 1.15 bits per heavy atom. The number of nitrogens with one attached hydrogen (secondary N) is 1. The minimum absolute atomic E-state index is 0.164. The van der Waals surface area contributed by atoms with E-state index in [0.29, 0.717) is 37.0 Å². The molecule has 0 unspecified atom stereocenters. The molecule has 1 N–H and O–H groups in total. The zero-order valence-electron chi connectivity index (χ0n) is 14.9. The Balaban J connectivity index is 1.76. The number of halogens is 1. The molecule has 0 saturated carbocycles. The summed E-state index contributed by atoms with van der Waals surface area (Å²) in [4.78, 5) is 12.5. The quantitative estimate of drug-likeness (QED) is 0.825. The van der Waals surface area contributed by atoms with Gasteiger partial charge in [0.2, 0.25) is 15.9 Å². The number of anilines is 1. The highest BCUT2D eigenvalue weighted by Gasteiger charge is 2.26. The van der Waals surface area contributed by atoms with Gasteiger partial charge in [0.15, 0.2) is 0 Å². The van der Waals surface area contributed by atoms with Crippen molar-refractivity contribution in [1.82, 2.24) is 4.31 Å². The number of nitrogens with zero attached hydrogens (tertiary/aromatic N) is 1. The van der Waals surface area contributed by atoms with E-state index in [1.807, 2.05) is 6.92 Å². The summed E-state index contributed by atoms with van der Waals surface area (Å²) >= 11 is 5.85. The number of carbonyl (C=O) groups is 1. The van der Waals surface area contributed by atoms with Gasteiger partial charge in [-0.3, -0.25) is 4.79 Å². The lowest BCUT2D eigenvalue weighted by Crippen LogP contribution is -2.40. The van der Waals surface area contributed by atoms with Gasteiger partial charge in [0.1, 0.15) is 0 Å². The lowest BCUT2D eigenvalue weighted by Gasteiger charge is -2.26. The van der Waals surface area contributed by atoms with Crippen molar-refractivity contribution >= 4 is 33.2 Å². The number of sulfonamides is 1. The lowest BCUT2D eigenvalue weighted by molar-refractivity contribution is -0.115. The lowest BCUT2D eigenvalue weighted by atomic mass is 10.1. The van der Waals surface area contributed by atoms with E-state index >= 15 is 0 Å². The zero-order valence-corrected chi connectivity index (χ0v) is 16.5. The number of rotatable bonds is 5. The molecule has 8 heteroatoms. The second kappa shape index (κ2) is 8.39. The molecule has 6 nitrogen and oxygen atoms in total. The molecule has 1 saturated heterocycles. The molecular formula is C19H21ClN2O4S. The number of carbonyl (C=O) groups excluding carboxylic acids is 1. The van der Waals surface area contributed by atoms with Gasteiger partial charge < -0.3 is 10.1 Å². The maximum absolute atomic E-state index is 12.8. The number of amides is 1. The molecule has 2 aromatic rings. The van der Waals surface area contributed by atoms with Crippen molar-refractivity contribution in [2.45, 2.75) is 18.2 Å². The van der Waals surface area contributed by atoms with E-state index in [1.165, 1.54) is 10.4 Å². The number of hydrogen-bond donors (Lipinski definition) is 1. The fraction of sp³-hybridized carbons (Fsp3) is 0.316. The summed E-state index contributed by atoms with van der Waals surface area (Å²) in [5.41, 5.74) is 2.11. The number of ether oxygens (including phenoxy) is 1. The van der Waals surface area contributed by atoms with Gasteiger partial charge in [-0.1, -0.05) is 29.8 Å². The molecule has 0 aromatic heterocycles. The molecule has 0 radical (unpaired) electrons. The second-order valence-corrected chi connectivity index (χ2v) is 8.72. The summed E-state index contributed by atoms with van der Waals surface area (Å²) in [6.45, 7) is 3.25. The third kappa shape index (κ3) is 4.87. The van der Waals surface area contributed by atoms with Crippen LogP contribution in [0.4, 0.5) is 5.69 Å². The first-order valence-electron chi connectivity index (χ1n) is 8.59. The summed E-state index contributed by atoms with van der Waals surface area (Å²) in [6, 6.07) is 11.8. The first kappa shape index (κ1) is 19.8. The molecule has 0 atom stereocenters. The highest BCUT2D eigenvalue weighted by molar-refractivity contribution is 7.89. The minimum atomic E-state index is -3.61. The van der Waals surface area contributed by atoms with Crippen molar-refractivity contribution in [3.05, 3.63) is 58.6 Å². The third-order valence-corrected chi connectivity index (χ3v) is 6.52. The summed E-state index contributed by atoms with van der Waals surface area (Å²) in [5, 5.41) is 3.42. The van der Waals surface area contributed by atoms with Gasteiger partial charge in [0.05, 0.1) is 24.5 Å². The Kier molecular flexibility index (Phi) is 6.16. The highest BCUT2D eigenvalue weighted by Crippen LogP contribution is 2.24. The SMILES string of the molecule is Cc1ccc(S(=O)(=O)N2CCOCC2)cc1NC(=O)Cc1ccc(Cl)cc1. The van der Waals surface area contributed by atoms with Crippen molar-refractivity contribution in [3.8, 4) is 0 Å². The van der Waals surface area contributed by atoms with Crippen molar-refractivity contribution in [1.29, 1.82) is 0 Å². The monoisotopic (exact) mass is 408 g/mol. The predicted octanol–water partition coefficient (Wildman–Crippen LogP) is 2.85. The Labute approximate surface area is 164 Å². The maximum Gasteiger partial charge on any atom is 0.243 e. The molecule has 27 heavy (non-hydrogen) atoms. The Morgan fingerprint density at radius 2 is 1.81 bits per heavy atom. The van der Waals surface area contributed by atoms with Crippen LogP contribution in [0.1, 0.15) is 11.1 Å². The first-order chi connectivity index (χ1) is 12.9. The summed E-state index contributed by atoms with van der Waals surface area (Å²) in [6.07, 6.45) is 0.178. The molecule has 0 aliphatic carbocycles. The van der Waals surface area contributed by atoms with Crippen molar-refractivity contribution in [2.75, 3.05) is 31.6 Å². The van der Waals surface area contributed by atoms with Crippen LogP contribution in [-0.2, 0) is 26.0 Å². The molecule has 1 heterocycles. The summed E-state index contributed by atoms with van der Waals surface area (Å²) in [5.74, 6) is -0.221. The van der Waals surface area contributed by atoms with Crippen LogP contribution in [0.3, 0.4) is 0 Å². The van der Waals surface area contributed by atoms with E-state index in [-0.39, 0.29) is 17.2 Å². The first-order valence-corrected chi connectivity index (χ1v) is 10.4. The maximum atomic E-state index is 12.8.